The summed E-state index contributed by atoms with van der Waals surface area (Å²) in [6.45, 7) is 3.10. The zero-order valence-electron chi connectivity index (χ0n) is 11.5. The summed E-state index contributed by atoms with van der Waals surface area (Å²) >= 11 is 5.68. The average Bonchev–Trinajstić information content (AvgIpc) is 2.99. The van der Waals surface area contributed by atoms with Crippen molar-refractivity contribution < 1.29 is 9.21 Å². The Morgan fingerprint density at radius 2 is 1.85 bits per heavy atom. The number of furan rings is 1. The van der Waals surface area contributed by atoms with E-state index in [-0.39, 0.29) is 11.8 Å². The van der Waals surface area contributed by atoms with Crippen LogP contribution in [0.15, 0.2) is 47.1 Å². The van der Waals surface area contributed by atoms with Crippen LogP contribution in [0.5, 0.6) is 0 Å². The van der Waals surface area contributed by atoms with Gasteiger partial charge in [-0.15, -0.1) is 11.6 Å². The van der Waals surface area contributed by atoms with Crippen LogP contribution in [0.3, 0.4) is 0 Å². The standard InChI is InChI=1S/C16H18ClNO2/c1-2-13-5-7-14(8-6-13)11-18(16(19)10-17)12-15-4-3-9-20-15/h3-9H,2,10-12H2,1H3. The van der Waals surface area contributed by atoms with Crippen LogP contribution in [0.4, 0.5) is 0 Å². The first kappa shape index (κ1) is 14.7. The second-order valence-corrected chi connectivity index (χ2v) is 4.90. The molecule has 0 N–H and O–H groups in total. The lowest BCUT2D eigenvalue weighted by molar-refractivity contribution is -0.130. The number of nitrogens with zero attached hydrogens (tertiary/aromatic N) is 1. The molecule has 0 aliphatic rings. The molecule has 0 aliphatic carbocycles. The lowest BCUT2D eigenvalue weighted by Gasteiger charge is -2.21. The van der Waals surface area contributed by atoms with Crippen molar-refractivity contribution in [1.29, 1.82) is 0 Å². The molecule has 0 saturated heterocycles. The van der Waals surface area contributed by atoms with Crippen LogP contribution in [0.2, 0.25) is 0 Å². The highest BCUT2D eigenvalue weighted by molar-refractivity contribution is 6.27. The third-order valence-electron chi connectivity index (χ3n) is 3.20. The fourth-order valence-corrected chi connectivity index (χ4v) is 2.18. The van der Waals surface area contributed by atoms with Gasteiger partial charge in [-0.3, -0.25) is 4.79 Å². The number of hydrogen-bond acceptors (Lipinski definition) is 2. The molecule has 1 amide bonds. The van der Waals surface area contributed by atoms with Crippen molar-refractivity contribution in [3.05, 3.63) is 59.5 Å². The Morgan fingerprint density at radius 3 is 2.40 bits per heavy atom. The quantitative estimate of drug-likeness (QED) is 0.762. The molecule has 4 heteroatoms. The van der Waals surface area contributed by atoms with Crippen LogP contribution in [-0.4, -0.2) is 16.7 Å². The van der Waals surface area contributed by atoms with Crippen LogP contribution >= 0.6 is 11.6 Å². The summed E-state index contributed by atoms with van der Waals surface area (Å²) in [7, 11) is 0. The molecule has 0 spiro atoms. The van der Waals surface area contributed by atoms with Crippen LogP contribution in [0.1, 0.15) is 23.8 Å². The molecule has 0 aliphatic heterocycles. The van der Waals surface area contributed by atoms with Gasteiger partial charge in [0.25, 0.3) is 0 Å². The maximum Gasteiger partial charge on any atom is 0.238 e. The van der Waals surface area contributed by atoms with Gasteiger partial charge in [-0.2, -0.15) is 0 Å². The number of amides is 1. The molecule has 0 bridgehead atoms. The van der Waals surface area contributed by atoms with Crippen LogP contribution in [0, 0.1) is 0 Å². The van der Waals surface area contributed by atoms with Crippen LogP contribution < -0.4 is 0 Å². The van der Waals surface area contributed by atoms with Gasteiger partial charge in [-0.05, 0) is 29.7 Å². The van der Waals surface area contributed by atoms with E-state index in [9.17, 15) is 4.79 Å². The Hall–Kier alpha value is -1.74. The number of aryl methyl sites for hydroxylation is 1. The second-order valence-electron chi connectivity index (χ2n) is 4.63. The number of carbonyl (C=O) groups is 1. The molecule has 20 heavy (non-hydrogen) atoms. The Morgan fingerprint density at radius 1 is 1.15 bits per heavy atom. The van der Waals surface area contributed by atoms with Gasteiger partial charge in [-0.1, -0.05) is 31.2 Å². The Labute approximate surface area is 124 Å². The summed E-state index contributed by atoms with van der Waals surface area (Å²) < 4.78 is 5.30. The fraction of sp³-hybridized carbons (Fsp3) is 0.312. The Balaban J connectivity index is 2.08. The smallest absolute Gasteiger partial charge is 0.238 e. The van der Waals surface area contributed by atoms with Gasteiger partial charge >= 0.3 is 0 Å². The number of carbonyl (C=O) groups excluding carboxylic acids is 1. The van der Waals surface area contributed by atoms with Gasteiger partial charge in [0, 0.05) is 6.54 Å². The third-order valence-corrected chi connectivity index (χ3v) is 3.43. The van der Waals surface area contributed by atoms with E-state index >= 15 is 0 Å². The minimum absolute atomic E-state index is 0.0201. The second kappa shape index (κ2) is 7.15. The van der Waals surface area contributed by atoms with Crippen LogP contribution in [-0.2, 0) is 24.3 Å². The van der Waals surface area contributed by atoms with Gasteiger partial charge < -0.3 is 9.32 Å². The molecule has 0 atom stereocenters. The molecule has 0 saturated carbocycles. The van der Waals surface area contributed by atoms with Crippen molar-refractivity contribution in [3.63, 3.8) is 0 Å². The van der Waals surface area contributed by atoms with Crippen molar-refractivity contribution in [2.75, 3.05) is 5.88 Å². The minimum atomic E-state index is -0.0948. The van der Waals surface area contributed by atoms with Crippen molar-refractivity contribution in [2.24, 2.45) is 0 Å². The highest BCUT2D eigenvalue weighted by Crippen LogP contribution is 2.12. The average molecular weight is 292 g/mol. The molecule has 0 unspecified atom stereocenters. The van der Waals surface area contributed by atoms with E-state index in [1.54, 1.807) is 11.2 Å². The number of halogens is 1. The predicted molar refractivity (Wildman–Crippen MR) is 79.5 cm³/mol. The summed E-state index contributed by atoms with van der Waals surface area (Å²) in [6, 6.07) is 11.9. The summed E-state index contributed by atoms with van der Waals surface area (Å²) in [5, 5.41) is 0. The molecule has 1 aromatic heterocycles. The number of benzene rings is 1. The Bertz CT molecular complexity index is 534. The maximum atomic E-state index is 11.9. The van der Waals surface area contributed by atoms with Gasteiger partial charge in [0.05, 0.1) is 12.8 Å². The first-order valence-corrected chi connectivity index (χ1v) is 7.20. The molecule has 0 radical (unpaired) electrons. The molecule has 0 fully saturated rings. The van der Waals surface area contributed by atoms with E-state index in [2.05, 4.69) is 31.2 Å². The van der Waals surface area contributed by atoms with E-state index in [1.807, 2.05) is 12.1 Å². The number of alkyl halides is 1. The molecular weight excluding hydrogens is 274 g/mol. The van der Waals surface area contributed by atoms with Crippen LogP contribution in [0.25, 0.3) is 0 Å². The first-order chi connectivity index (χ1) is 9.72. The summed E-state index contributed by atoms with van der Waals surface area (Å²) in [4.78, 5) is 13.6. The van der Waals surface area contributed by atoms with E-state index < -0.39 is 0 Å². The molecule has 2 aromatic rings. The molecule has 106 valence electrons. The number of rotatable bonds is 6. The minimum Gasteiger partial charge on any atom is -0.467 e. The topological polar surface area (TPSA) is 33.5 Å². The predicted octanol–water partition coefficient (Wildman–Crippen LogP) is 3.61. The largest absolute Gasteiger partial charge is 0.467 e. The Kier molecular flexibility index (Phi) is 5.24. The lowest BCUT2D eigenvalue weighted by atomic mass is 10.1. The number of hydrogen-bond donors (Lipinski definition) is 0. The highest BCUT2D eigenvalue weighted by Gasteiger charge is 2.14. The molecular formula is C16H18ClNO2. The van der Waals surface area contributed by atoms with Gasteiger partial charge in [0.1, 0.15) is 11.6 Å². The SMILES string of the molecule is CCc1ccc(CN(Cc2ccco2)C(=O)CCl)cc1. The summed E-state index contributed by atoms with van der Waals surface area (Å²) in [6.07, 6.45) is 2.62. The van der Waals surface area contributed by atoms with Gasteiger partial charge in [0.15, 0.2) is 0 Å². The summed E-state index contributed by atoms with van der Waals surface area (Å²) in [5.74, 6) is 0.643. The van der Waals surface area contributed by atoms with Gasteiger partial charge in [-0.25, -0.2) is 0 Å². The van der Waals surface area contributed by atoms with E-state index in [0.717, 1.165) is 17.7 Å². The van der Waals surface area contributed by atoms with Gasteiger partial charge in [0.2, 0.25) is 5.91 Å². The fourth-order valence-electron chi connectivity index (χ4n) is 2.01. The normalized spacial score (nSPS) is 10.5. The van der Waals surface area contributed by atoms with Crippen molar-refractivity contribution in [2.45, 2.75) is 26.4 Å². The summed E-state index contributed by atoms with van der Waals surface area (Å²) in [5.41, 5.74) is 2.38. The molecule has 1 heterocycles. The lowest BCUT2D eigenvalue weighted by Crippen LogP contribution is -2.30. The first-order valence-electron chi connectivity index (χ1n) is 6.67. The zero-order valence-corrected chi connectivity index (χ0v) is 12.3. The van der Waals surface area contributed by atoms with Crippen molar-refractivity contribution in [3.8, 4) is 0 Å². The van der Waals surface area contributed by atoms with E-state index in [1.165, 1.54) is 5.56 Å². The maximum absolute atomic E-state index is 11.9. The van der Waals surface area contributed by atoms with Crippen molar-refractivity contribution in [1.82, 2.24) is 4.90 Å². The van der Waals surface area contributed by atoms with E-state index in [0.29, 0.717) is 13.1 Å². The third kappa shape index (κ3) is 3.87. The highest BCUT2D eigenvalue weighted by atomic mass is 35.5. The molecule has 1 aromatic carbocycles. The van der Waals surface area contributed by atoms with Crippen molar-refractivity contribution >= 4 is 17.5 Å². The van der Waals surface area contributed by atoms with E-state index in [4.69, 9.17) is 16.0 Å². The molecule has 2 rings (SSSR count). The molecule has 3 nitrogen and oxygen atoms in total. The zero-order chi connectivity index (χ0) is 14.4. The monoisotopic (exact) mass is 291 g/mol.